The van der Waals surface area contributed by atoms with Gasteiger partial charge in [-0.1, -0.05) is 6.07 Å². The van der Waals surface area contributed by atoms with E-state index in [0.29, 0.717) is 23.4 Å². The highest BCUT2D eigenvalue weighted by molar-refractivity contribution is 7.92. The van der Waals surface area contributed by atoms with Gasteiger partial charge in [0, 0.05) is 5.56 Å². The van der Waals surface area contributed by atoms with E-state index in [1.807, 2.05) is 18.2 Å². The van der Waals surface area contributed by atoms with E-state index in [-0.39, 0.29) is 12.0 Å². The first-order valence-electron chi connectivity index (χ1n) is 11.5. The van der Waals surface area contributed by atoms with Gasteiger partial charge in [-0.25, -0.2) is 13.2 Å². The molecular formula is C25H29NO6S. The van der Waals surface area contributed by atoms with E-state index in [4.69, 9.17) is 9.47 Å². The predicted molar refractivity (Wildman–Crippen MR) is 125 cm³/mol. The van der Waals surface area contributed by atoms with E-state index in [1.54, 1.807) is 6.92 Å². The van der Waals surface area contributed by atoms with Crippen LogP contribution in [0.25, 0.3) is 11.1 Å². The molecule has 2 N–H and O–H groups in total. The fourth-order valence-electron chi connectivity index (χ4n) is 4.66. The largest absolute Gasteiger partial charge is 0.493 e. The Bertz CT molecular complexity index is 1210. The lowest BCUT2D eigenvalue weighted by Gasteiger charge is -2.26. The van der Waals surface area contributed by atoms with Gasteiger partial charge in [0.25, 0.3) is 0 Å². The molecule has 0 saturated heterocycles. The van der Waals surface area contributed by atoms with Crippen LogP contribution in [0.3, 0.4) is 0 Å². The summed E-state index contributed by atoms with van der Waals surface area (Å²) in [5, 5.41) is 10.2. The standard InChI is InChI=1S/C25H29NO6S/c1-14-20(26-33(2,29)30)13-19(15-5-6-15)23(22(14)24(25(27)28)32-18-8-9-18)17-7-10-21-16(12-17)4-3-11-31-21/h7,10,12-13,15,18,24,26H,3-6,8-9,11H2,1-2H3,(H,27,28). The third-order valence-electron chi connectivity index (χ3n) is 6.51. The summed E-state index contributed by atoms with van der Waals surface area (Å²) in [4.78, 5) is 12.4. The van der Waals surface area contributed by atoms with E-state index >= 15 is 0 Å². The third kappa shape index (κ3) is 4.73. The molecule has 176 valence electrons. The molecule has 2 aromatic rings. The first-order chi connectivity index (χ1) is 15.7. The summed E-state index contributed by atoms with van der Waals surface area (Å²) in [5.74, 6) is 0.0727. The second-order valence-corrected chi connectivity index (χ2v) is 11.2. The number of aryl methyl sites for hydroxylation is 1. The number of nitrogens with one attached hydrogen (secondary N) is 1. The molecule has 1 unspecified atom stereocenters. The minimum Gasteiger partial charge on any atom is -0.493 e. The number of sulfonamides is 1. The van der Waals surface area contributed by atoms with E-state index < -0.39 is 22.1 Å². The monoisotopic (exact) mass is 471 g/mol. The van der Waals surface area contributed by atoms with Crippen LogP contribution in [0.4, 0.5) is 5.69 Å². The highest BCUT2D eigenvalue weighted by Crippen LogP contribution is 2.50. The van der Waals surface area contributed by atoms with Gasteiger partial charge < -0.3 is 14.6 Å². The Morgan fingerprint density at radius 2 is 1.97 bits per heavy atom. The van der Waals surface area contributed by atoms with Crippen molar-refractivity contribution >= 4 is 21.7 Å². The lowest BCUT2D eigenvalue weighted by Crippen LogP contribution is -2.21. The number of carbonyl (C=O) groups is 1. The topological polar surface area (TPSA) is 102 Å². The zero-order valence-electron chi connectivity index (χ0n) is 18.9. The van der Waals surface area contributed by atoms with E-state index in [9.17, 15) is 18.3 Å². The summed E-state index contributed by atoms with van der Waals surface area (Å²) in [6.45, 7) is 2.48. The van der Waals surface area contributed by atoms with Crippen LogP contribution in [0.2, 0.25) is 0 Å². The Morgan fingerprint density at radius 1 is 1.21 bits per heavy atom. The fraction of sp³-hybridized carbons (Fsp3) is 0.480. The first-order valence-corrected chi connectivity index (χ1v) is 13.4. The van der Waals surface area contributed by atoms with Gasteiger partial charge >= 0.3 is 5.97 Å². The zero-order chi connectivity index (χ0) is 23.3. The van der Waals surface area contributed by atoms with Crippen LogP contribution in [0.15, 0.2) is 24.3 Å². The second kappa shape index (κ2) is 8.33. The summed E-state index contributed by atoms with van der Waals surface area (Å²) in [5.41, 5.74) is 5.42. The summed E-state index contributed by atoms with van der Waals surface area (Å²) >= 11 is 0. The number of anilines is 1. The summed E-state index contributed by atoms with van der Waals surface area (Å²) in [6, 6.07) is 7.92. The highest BCUT2D eigenvalue weighted by Gasteiger charge is 2.37. The van der Waals surface area contributed by atoms with Crippen LogP contribution in [0.5, 0.6) is 5.75 Å². The molecule has 0 amide bonds. The van der Waals surface area contributed by atoms with Crippen molar-refractivity contribution in [3.63, 3.8) is 0 Å². The van der Waals surface area contributed by atoms with Crippen LogP contribution >= 0.6 is 0 Å². The Labute approximate surface area is 194 Å². The van der Waals surface area contributed by atoms with Crippen molar-refractivity contribution in [2.45, 2.75) is 63.6 Å². The minimum absolute atomic E-state index is 0.0776. The molecule has 2 aromatic carbocycles. The van der Waals surface area contributed by atoms with Crippen molar-refractivity contribution in [3.05, 3.63) is 46.5 Å². The van der Waals surface area contributed by atoms with Gasteiger partial charge in [-0.05, 0) is 97.4 Å². The van der Waals surface area contributed by atoms with Gasteiger partial charge in [-0.3, -0.25) is 4.72 Å². The molecule has 1 atom stereocenters. The van der Waals surface area contributed by atoms with Crippen molar-refractivity contribution in [2.24, 2.45) is 0 Å². The SMILES string of the molecule is Cc1c(NS(C)(=O)=O)cc(C2CC2)c(-c2ccc3c(c2)CCCO3)c1C(OC1CC1)C(=O)O. The Kier molecular flexibility index (Phi) is 5.61. The zero-order valence-corrected chi connectivity index (χ0v) is 19.7. The summed E-state index contributed by atoms with van der Waals surface area (Å²) in [7, 11) is -3.54. The van der Waals surface area contributed by atoms with Crippen LogP contribution in [0, 0.1) is 6.92 Å². The van der Waals surface area contributed by atoms with Crippen LogP contribution in [-0.4, -0.2) is 38.5 Å². The number of fused-ring (bicyclic) bond motifs is 1. The normalized spacial score (nSPS) is 18.8. The van der Waals surface area contributed by atoms with Gasteiger partial charge in [0.2, 0.25) is 10.0 Å². The molecule has 2 fully saturated rings. The number of rotatable bonds is 8. The van der Waals surface area contributed by atoms with E-state index in [2.05, 4.69) is 10.8 Å². The molecule has 0 aromatic heterocycles. The smallest absolute Gasteiger partial charge is 0.337 e. The average molecular weight is 472 g/mol. The molecule has 0 radical (unpaired) electrons. The number of carboxylic acid groups (broad SMARTS) is 1. The number of hydrogen-bond donors (Lipinski definition) is 2. The quantitative estimate of drug-likeness (QED) is 0.586. The van der Waals surface area contributed by atoms with Crippen molar-refractivity contribution in [3.8, 4) is 16.9 Å². The number of ether oxygens (including phenoxy) is 2. The van der Waals surface area contributed by atoms with Crippen molar-refractivity contribution in [1.29, 1.82) is 0 Å². The highest BCUT2D eigenvalue weighted by atomic mass is 32.2. The number of benzene rings is 2. The molecule has 2 saturated carbocycles. The Hall–Kier alpha value is -2.58. The van der Waals surface area contributed by atoms with Gasteiger partial charge in [0.15, 0.2) is 6.10 Å². The maximum atomic E-state index is 12.4. The molecule has 3 aliphatic rings. The van der Waals surface area contributed by atoms with Crippen LogP contribution in [-0.2, 0) is 26.0 Å². The third-order valence-corrected chi connectivity index (χ3v) is 7.11. The molecule has 1 heterocycles. The van der Waals surface area contributed by atoms with Gasteiger partial charge in [0.1, 0.15) is 5.75 Å². The maximum Gasteiger partial charge on any atom is 0.337 e. The van der Waals surface area contributed by atoms with E-state index in [0.717, 1.165) is 72.8 Å². The van der Waals surface area contributed by atoms with E-state index in [1.165, 1.54) is 0 Å². The second-order valence-electron chi connectivity index (χ2n) is 9.40. The summed E-state index contributed by atoms with van der Waals surface area (Å²) < 4.78 is 38.6. The van der Waals surface area contributed by atoms with Crippen LogP contribution in [0.1, 0.15) is 66.4 Å². The maximum absolute atomic E-state index is 12.4. The molecule has 1 aliphatic heterocycles. The Morgan fingerprint density at radius 3 is 2.61 bits per heavy atom. The lowest BCUT2D eigenvalue weighted by molar-refractivity contribution is -0.151. The molecule has 2 aliphatic carbocycles. The summed E-state index contributed by atoms with van der Waals surface area (Å²) in [6.07, 6.45) is 5.37. The van der Waals surface area contributed by atoms with Gasteiger partial charge in [-0.15, -0.1) is 0 Å². The number of carboxylic acids is 1. The predicted octanol–water partition coefficient (Wildman–Crippen LogP) is 4.54. The van der Waals surface area contributed by atoms with Crippen molar-refractivity contribution in [1.82, 2.24) is 0 Å². The average Bonchev–Trinajstić information content (AvgIpc) is 3.66. The fourth-order valence-corrected chi connectivity index (χ4v) is 5.27. The van der Waals surface area contributed by atoms with Crippen LogP contribution < -0.4 is 9.46 Å². The molecule has 33 heavy (non-hydrogen) atoms. The number of aliphatic carboxylic acids is 1. The van der Waals surface area contributed by atoms with Crippen molar-refractivity contribution < 1.29 is 27.8 Å². The molecule has 5 rings (SSSR count). The molecular weight excluding hydrogens is 442 g/mol. The minimum atomic E-state index is -3.54. The van der Waals surface area contributed by atoms with Crippen molar-refractivity contribution in [2.75, 3.05) is 17.6 Å². The number of hydrogen-bond acceptors (Lipinski definition) is 5. The lowest BCUT2D eigenvalue weighted by atomic mass is 9.84. The molecule has 8 heteroatoms. The van der Waals surface area contributed by atoms with Gasteiger partial charge in [0.05, 0.1) is 24.7 Å². The molecule has 0 spiro atoms. The first kappa shape index (κ1) is 22.2. The molecule has 7 nitrogen and oxygen atoms in total. The Balaban J connectivity index is 1.75. The molecule has 0 bridgehead atoms. The van der Waals surface area contributed by atoms with Gasteiger partial charge in [-0.2, -0.15) is 0 Å².